The van der Waals surface area contributed by atoms with Crippen LogP contribution in [0.1, 0.15) is 50.1 Å². The zero-order valence-corrected chi connectivity index (χ0v) is 16.6. The molecular weight excluding hydrogens is 372 g/mol. The molecule has 1 aliphatic carbocycles. The third-order valence-corrected chi connectivity index (χ3v) is 5.85. The third kappa shape index (κ3) is 4.26. The van der Waals surface area contributed by atoms with E-state index >= 15 is 0 Å². The Morgan fingerprint density at radius 3 is 2.83 bits per heavy atom. The summed E-state index contributed by atoms with van der Waals surface area (Å²) in [5, 5.41) is 10.7. The summed E-state index contributed by atoms with van der Waals surface area (Å²) in [5.41, 5.74) is 1.47. The Bertz CT molecular complexity index is 946. The summed E-state index contributed by atoms with van der Waals surface area (Å²) in [4.78, 5) is 35.7. The minimum Gasteiger partial charge on any atom is -0.484 e. The van der Waals surface area contributed by atoms with Crippen molar-refractivity contribution in [3.8, 4) is 5.75 Å². The molecule has 0 radical (unpaired) electrons. The topological polar surface area (TPSA) is 102 Å². The van der Waals surface area contributed by atoms with E-state index in [1.54, 1.807) is 17.8 Å². The molecule has 8 nitrogen and oxygen atoms in total. The van der Waals surface area contributed by atoms with Crippen LogP contribution in [-0.2, 0) is 21.4 Å². The number of aryl methyl sites for hydroxylation is 1. The molecule has 0 bridgehead atoms. The monoisotopic (exact) mass is 398 g/mol. The number of nitrogens with one attached hydrogen (secondary N) is 2. The van der Waals surface area contributed by atoms with E-state index in [0.29, 0.717) is 30.2 Å². The van der Waals surface area contributed by atoms with E-state index in [9.17, 15) is 14.4 Å². The Morgan fingerprint density at radius 1 is 1.28 bits per heavy atom. The second-order valence-corrected chi connectivity index (χ2v) is 7.93. The van der Waals surface area contributed by atoms with E-state index in [1.165, 1.54) is 25.7 Å². The normalized spacial score (nSPS) is 20.1. The molecule has 1 saturated carbocycles. The third-order valence-electron chi connectivity index (χ3n) is 5.85. The van der Waals surface area contributed by atoms with Crippen molar-refractivity contribution in [3.05, 3.63) is 23.9 Å². The smallest absolute Gasteiger partial charge is 0.257 e. The van der Waals surface area contributed by atoms with Gasteiger partial charge in [-0.2, -0.15) is 5.10 Å². The van der Waals surface area contributed by atoms with Crippen molar-refractivity contribution in [2.24, 2.45) is 13.0 Å². The van der Waals surface area contributed by atoms with Crippen LogP contribution < -0.4 is 15.4 Å². The van der Waals surface area contributed by atoms with Gasteiger partial charge in [-0.05, 0) is 37.3 Å². The minimum absolute atomic E-state index is 0.0317. The predicted molar refractivity (Wildman–Crippen MR) is 106 cm³/mol. The Balaban J connectivity index is 1.41. The number of amides is 3. The van der Waals surface area contributed by atoms with Crippen LogP contribution >= 0.6 is 0 Å². The zero-order chi connectivity index (χ0) is 20.4. The van der Waals surface area contributed by atoms with Crippen molar-refractivity contribution in [2.45, 2.75) is 44.4 Å². The maximum absolute atomic E-state index is 12.2. The van der Waals surface area contributed by atoms with Crippen LogP contribution in [0.3, 0.4) is 0 Å². The quantitative estimate of drug-likeness (QED) is 0.722. The molecule has 2 aliphatic rings. The standard InChI is InChI=1S/C21H26N4O4/c1-25-17-10-14(29-12-19(27)22-11-13-4-2-3-5-13)6-7-15(17)20(24-25)16-8-9-18(26)23-21(16)28/h6-7,10,13,16H,2-5,8-9,11-12H2,1H3,(H,22,27)(H,23,26,28). The number of rotatable bonds is 6. The molecule has 1 aromatic carbocycles. The van der Waals surface area contributed by atoms with Gasteiger partial charge in [-0.1, -0.05) is 12.8 Å². The number of carbonyl (C=O) groups is 3. The predicted octanol–water partition coefficient (Wildman–Crippen LogP) is 1.78. The van der Waals surface area contributed by atoms with Crippen molar-refractivity contribution < 1.29 is 19.1 Å². The lowest BCUT2D eigenvalue weighted by molar-refractivity contribution is -0.134. The van der Waals surface area contributed by atoms with Gasteiger partial charge >= 0.3 is 0 Å². The first-order valence-electron chi connectivity index (χ1n) is 10.2. The van der Waals surface area contributed by atoms with Gasteiger partial charge in [0, 0.05) is 31.5 Å². The van der Waals surface area contributed by atoms with E-state index in [-0.39, 0.29) is 24.3 Å². The van der Waals surface area contributed by atoms with Crippen molar-refractivity contribution in [1.29, 1.82) is 0 Å². The largest absolute Gasteiger partial charge is 0.484 e. The number of imide groups is 1. The van der Waals surface area contributed by atoms with Gasteiger partial charge in [-0.25, -0.2) is 0 Å². The van der Waals surface area contributed by atoms with E-state index in [4.69, 9.17) is 4.74 Å². The summed E-state index contributed by atoms with van der Waals surface area (Å²) >= 11 is 0. The SMILES string of the molecule is Cn1nc(C2CCC(=O)NC2=O)c2ccc(OCC(=O)NCC3CCCC3)cc21. The molecule has 1 atom stereocenters. The summed E-state index contributed by atoms with van der Waals surface area (Å²) in [6, 6.07) is 5.46. The lowest BCUT2D eigenvalue weighted by atomic mass is 9.93. The number of nitrogens with zero attached hydrogens (tertiary/aromatic N) is 2. The van der Waals surface area contributed by atoms with Crippen molar-refractivity contribution in [3.63, 3.8) is 0 Å². The van der Waals surface area contributed by atoms with Gasteiger partial charge in [0.15, 0.2) is 6.61 Å². The van der Waals surface area contributed by atoms with Crippen LogP contribution in [0.15, 0.2) is 18.2 Å². The van der Waals surface area contributed by atoms with Gasteiger partial charge < -0.3 is 10.1 Å². The fraction of sp³-hybridized carbons (Fsp3) is 0.524. The first kappa shape index (κ1) is 19.4. The molecule has 2 aromatic rings. The van der Waals surface area contributed by atoms with Crippen LogP contribution in [-0.4, -0.2) is 40.7 Å². The van der Waals surface area contributed by atoms with Gasteiger partial charge in [0.2, 0.25) is 11.8 Å². The van der Waals surface area contributed by atoms with Crippen molar-refractivity contribution in [1.82, 2.24) is 20.4 Å². The first-order chi connectivity index (χ1) is 14.0. The second kappa shape index (κ2) is 8.23. The van der Waals surface area contributed by atoms with Crippen LogP contribution in [0.2, 0.25) is 0 Å². The Labute approximate surface area is 169 Å². The number of piperidine rings is 1. The summed E-state index contributed by atoms with van der Waals surface area (Å²) < 4.78 is 7.35. The number of aromatic nitrogens is 2. The molecule has 2 heterocycles. The lowest BCUT2D eigenvalue weighted by Crippen LogP contribution is -2.39. The maximum Gasteiger partial charge on any atom is 0.257 e. The highest BCUT2D eigenvalue weighted by atomic mass is 16.5. The van der Waals surface area contributed by atoms with Crippen LogP contribution in [0.5, 0.6) is 5.75 Å². The molecule has 1 aliphatic heterocycles. The van der Waals surface area contributed by atoms with Crippen molar-refractivity contribution >= 4 is 28.6 Å². The number of hydrogen-bond donors (Lipinski definition) is 2. The molecule has 8 heteroatoms. The van der Waals surface area contributed by atoms with E-state index in [1.807, 2.05) is 12.1 Å². The van der Waals surface area contributed by atoms with Crippen LogP contribution in [0, 0.1) is 5.92 Å². The fourth-order valence-electron chi connectivity index (χ4n) is 4.24. The van der Waals surface area contributed by atoms with Gasteiger partial charge in [-0.15, -0.1) is 0 Å². The van der Waals surface area contributed by atoms with Gasteiger partial charge in [0.1, 0.15) is 5.75 Å². The molecule has 4 rings (SSSR count). The lowest BCUT2D eigenvalue weighted by Gasteiger charge is -2.19. The van der Waals surface area contributed by atoms with E-state index in [2.05, 4.69) is 15.7 Å². The number of ether oxygens (including phenoxy) is 1. The molecule has 2 fully saturated rings. The highest BCUT2D eigenvalue weighted by Crippen LogP contribution is 2.32. The number of hydrogen-bond acceptors (Lipinski definition) is 5. The minimum atomic E-state index is -0.440. The van der Waals surface area contributed by atoms with Crippen molar-refractivity contribution in [2.75, 3.05) is 13.2 Å². The molecule has 3 amide bonds. The highest BCUT2D eigenvalue weighted by Gasteiger charge is 2.31. The van der Waals surface area contributed by atoms with Gasteiger partial charge in [0.05, 0.1) is 17.1 Å². The number of carbonyl (C=O) groups excluding carboxylic acids is 3. The highest BCUT2D eigenvalue weighted by molar-refractivity contribution is 6.02. The molecular formula is C21H26N4O4. The Hall–Kier alpha value is -2.90. The average molecular weight is 398 g/mol. The molecule has 29 heavy (non-hydrogen) atoms. The zero-order valence-electron chi connectivity index (χ0n) is 16.6. The summed E-state index contributed by atoms with van der Waals surface area (Å²) in [7, 11) is 1.80. The Kier molecular flexibility index (Phi) is 5.51. The maximum atomic E-state index is 12.2. The molecule has 1 saturated heterocycles. The summed E-state index contributed by atoms with van der Waals surface area (Å²) in [6.07, 6.45) is 5.65. The van der Waals surface area contributed by atoms with Gasteiger partial charge in [-0.3, -0.25) is 24.4 Å². The first-order valence-corrected chi connectivity index (χ1v) is 10.2. The summed E-state index contributed by atoms with van der Waals surface area (Å²) in [5.74, 6) is 0.0615. The van der Waals surface area contributed by atoms with Gasteiger partial charge in [0.25, 0.3) is 5.91 Å². The average Bonchev–Trinajstić information content (AvgIpc) is 3.33. The molecule has 154 valence electrons. The molecule has 1 unspecified atom stereocenters. The Morgan fingerprint density at radius 2 is 2.07 bits per heavy atom. The number of benzene rings is 1. The van der Waals surface area contributed by atoms with E-state index in [0.717, 1.165) is 17.4 Å². The van der Waals surface area contributed by atoms with Crippen LogP contribution in [0.4, 0.5) is 0 Å². The fourth-order valence-corrected chi connectivity index (χ4v) is 4.24. The summed E-state index contributed by atoms with van der Waals surface area (Å²) in [6.45, 7) is 0.689. The van der Waals surface area contributed by atoms with E-state index < -0.39 is 5.92 Å². The molecule has 2 N–H and O–H groups in total. The second-order valence-electron chi connectivity index (χ2n) is 7.93. The molecule has 0 spiro atoms. The number of fused-ring (bicyclic) bond motifs is 1. The van der Waals surface area contributed by atoms with Crippen LogP contribution in [0.25, 0.3) is 10.9 Å². The molecule has 1 aromatic heterocycles.